The molecular formula is C19H26N2. The summed E-state index contributed by atoms with van der Waals surface area (Å²) in [5.41, 5.74) is 9.72. The van der Waals surface area contributed by atoms with Crippen molar-refractivity contribution in [3.8, 4) is 0 Å². The minimum atomic E-state index is 0.751. The lowest BCUT2D eigenvalue weighted by molar-refractivity contribution is 0.697. The van der Waals surface area contributed by atoms with Gasteiger partial charge in [-0.15, -0.1) is 0 Å². The van der Waals surface area contributed by atoms with Gasteiger partial charge in [0.25, 0.3) is 0 Å². The highest BCUT2D eigenvalue weighted by Gasteiger charge is 2.06. The molecule has 0 atom stereocenters. The fourth-order valence-corrected chi connectivity index (χ4v) is 2.60. The van der Waals surface area contributed by atoms with Crippen molar-refractivity contribution in [2.24, 2.45) is 5.73 Å². The van der Waals surface area contributed by atoms with Gasteiger partial charge in [-0.3, -0.25) is 0 Å². The van der Waals surface area contributed by atoms with Crippen molar-refractivity contribution in [1.29, 1.82) is 0 Å². The molecular weight excluding hydrogens is 256 g/mol. The maximum Gasteiger partial charge on any atom is 0.0368 e. The van der Waals surface area contributed by atoms with Gasteiger partial charge in [-0.25, -0.2) is 0 Å². The number of anilines is 1. The fraction of sp³-hybridized carbons (Fsp3) is 0.368. The van der Waals surface area contributed by atoms with Crippen molar-refractivity contribution in [2.45, 2.75) is 26.2 Å². The van der Waals surface area contributed by atoms with Gasteiger partial charge in [-0.05, 0) is 56.0 Å². The van der Waals surface area contributed by atoms with E-state index in [2.05, 4.69) is 66.4 Å². The monoisotopic (exact) mass is 282 g/mol. The Balaban J connectivity index is 1.93. The van der Waals surface area contributed by atoms with Crippen LogP contribution in [0.3, 0.4) is 0 Å². The van der Waals surface area contributed by atoms with Gasteiger partial charge in [0, 0.05) is 18.8 Å². The summed E-state index contributed by atoms with van der Waals surface area (Å²) in [5.74, 6) is 0. The molecule has 21 heavy (non-hydrogen) atoms. The Bertz CT molecular complexity index is 522. The highest BCUT2D eigenvalue weighted by atomic mass is 15.1. The Labute approximate surface area is 128 Å². The van der Waals surface area contributed by atoms with Crippen LogP contribution in [0.1, 0.15) is 24.0 Å². The van der Waals surface area contributed by atoms with Crippen LogP contribution in [0.25, 0.3) is 0 Å². The van der Waals surface area contributed by atoms with Crippen LogP contribution in [0, 0.1) is 6.92 Å². The van der Waals surface area contributed by atoms with E-state index >= 15 is 0 Å². The van der Waals surface area contributed by atoms with E-state index in [1.165, 1.54) is 23.2 Å². The molecule has 0 aliphatic carbocycles. The van der Waals surface area contributed by atoms with Crippen LogP contribution < -0.4 is 10.6 Å². The van der Waals surface area contributed by atoms with Crippen molar-refractivity contribution in [1.82, 2.24) is 0 Å². The van der Waals surface area contributed by atoms with E-state index in [1.54, 1.807) is 0 Å². The van der Waals surface area contributed by atoms with Crippen molar-refractivity contribution in [3.05, 3.63) is 65.7 Å². The molecule has 0 bridgehead atoms. The molecule has 0 heterocycles. The summed E-state index contributed by atoms with van der Waals surface area (Å²) >= 11 is 0. The van der Waals surface area contributed by atoms with Gasteiger partial charge >= 0.3 is 0 Å². The maximum absolute atomic E-state index is 5.68. The smallest absolute Gasteiger partial charge is 0.0368 e. The summed E-state index contributed by atoms with van der Waals surface area (Å²) in [5, 5.41) is 0. The molecule has 0 aliphatic rings. The Morgan fingerprint density at radius 1 is 0.905 bits per heavy atom. The summed E-state index contributed by atoms with van der Waals surface area (Å²) in [7, 11) is 0. The number of benzene rings is 2. The maximum atomic E-state index is 5.68. The van der Waals surface area contributed by atoms with Crippen LogP contribution in [-0.4, -0.2) is 19.6 Å². The largest absolute Gasteiger partial charge is 0.371 e. The van der Waals surface area contributed by atoms with E-state index in [4.69, 9.17) is 5.73 Å². The van der Waals surface area contributed by atoms with Gasteiger partial charge in [-0.2, -0.15) is 0 Å². The second kappa shape index (κ2) is 8.48. The Morgan fingerprint density at radius 2 is 1.67 bits per heavy atom. The van der Waals surface area contributed by atoms with Crippen molar-refractivity contribution >= 4 is 5.69 Å². The van der Waals surface area contributed by atoms with Gasteiger partial charge in [0.15, 0.2) is 0 Å². The van der Waals surface area contributed by atoms with Gasteiger partial charge in [0.05, 0.1) is 0 Å². The average Bonchev–Trinajstić information content (AvgIpc) is 2.51. The summed E-state index contributed by atoms with van der Waals surface area (Å²) < 4.78 is 0. The highest BCUT2D eigenvalue weighted by Crippen LogP contribution is 2.17. The first kappa shape index (κ1) is 15.6. The molecule has 0 saturated carbocycles. The predicted molar refractivity (Wildman–Crippen MR) is 91.8 cm³/mol. The molecule has 0 unspecified atom stereocenters. The molecule has 2 aromatic rings. The first-order valence-electron chi connectivity index (χ1n) is 7.85. The third-order valence-corrected chi connectivity index (χ3v) is 3.74. The predicted octanol–water partition coefficient (Wildman–Crippen LogP) is 3.78. The first-order chi connectivity index (χ1) is 10.3. The molecule has 2 nitrogen and oxygen atoms in total. The Morgan fingerprint density at radius 3 is 2.38 bits per heavy atom. The molecule has 112 valence electrons. The van der Waals surface area contributed by atoms with Crippen molar-refractivity contribution in [3.63, 3.8) is 0 Å². The molecule has 0 spiro atoms. The molecule has 0 saturated heterocycles. The van der Waals surface area contributed by atoms with E-state index in [1.807, 2.05) is 0 Å². The number of hydrogen-bond donors (Lipinski definition) is 1. The zero-order valence-electron chi connectivity index (χ0n) is 13.0. The van der Waals surface area contributed by atoms with Gasteiger partial charge in [0.2, 0.25) is 0 Å². The lowest BCUT2D eigenvalue weighted by atomic mass is 10.1. The molecule has 0 radical (unpaired) electrons. The van der Waals surface area contributed by atoms with Crippen molar-refractivity contribution in [2.75, 3.05) is 24.5 Å². The van der Waals surface area contributed by atoms with Crippen LogP contribution >= 0.6 is 0 Å². The average molecular weight is 282 g/mol. The minimum absolute atomic E-state index is 0.751. The standard InChI is InChI=1S/C19H26N2/c1-17-8-5-12-19(16-17)21(15-7-13-20)14-6-11-18-9-3-2-4-10-18/h2-5,8-10,12,16H,6-7,11,13-15,20H2,1H3. The number of hydrogen-bond acceptors (Lipinski definition) is 2. The van der Waals surface area contributed by atoms with Crippen LogP contribution in [0.15, 0.2) is 54.6 Å². The Hall–Kier alpha value is -1.80. The zero-order chi connectivity index (χ0) is 14.9. The van der Waals surface area contributed by atoms with E-state index < -0.39 is 0 Å². The zero-order valence-corrected chi connectivity index (χ0v) is 13.0. The molecule has 2 aromatic carbocycles. The quantitative estimate of drug-likeness (QED) is 0.798. The van der Waals surface area contributed by atoms with E-state index in [0.29, 0.717) is 0 Å². The van der Waals surface area contributed by atoms with E-state index in [0.717, 1.165) is 32.5 Å². The third-order valence-electron chi connectivity index (χ3n) is 3.74. The fourth-order valence-electron chi connectivity index (χ4n) is 2.60. The summed E-state index contributed by atoms with van der Waals surface area (Å²) in [6.45, 7) is 5.02. The normalized spacial score (nSPS) is 10.6. The molecule has 0 aromatic heterocycles. The highest BCUT2D eigenvalue weighted by molar-refractivity contribution is 5.48. The summed E-state index contributed by atoms with van der Waals surface area (Å²) in [4.78, 5) is 2.46. The van der Waals surface area contributed by atoms with Crippen LogP contribution in [-0.2, 0) is 6.42 Å². The molecule has 0 amide bonds. The van der Waals surface area contributed by atoms with Crippen LogP contribution in [0.4, 0.5) is 5.69 Å². The third kappa shape index (κ3) is 5.24. The lowest BCUT2D eigenvalue weighted by Gasteiger charge is -2.25. The van der Waals surface area contributed by atoms with Crippen molar-refractivity contribution < 1.29 is 0 Å². The van der Waals surface area contributed by atoms with Crippen LogP contribution in [0.2, 0.25) is 0 Å². The van der Waals surface area contributed by atoms with E-state index in [-0.39, 0.29) is 0 Å². The van der Waals surface area contributed by atoms with E-state index in [9.17, 15) is 0 Å². The number of nitrogens with zero attached hydrogens (tertiary/aromatic N) is 1. The van der Waals surface area contributed by atoms with Gasteiger partial charge < -0.3 is 10.6 Å². The lowest BCUT2D eigenvalue weighted by Crippen LogP contribution is -2.27. The SMILES string of the molecule is Cc1cccc(N(CCCN)CCCc2ccccc2)c1. The molecule has 0 fully saturated rings. The minimum Gasteiger partial charge on any atom is -0.371 e. The summed E-state index contributed by atoms with van der Waals surface area (Å²) in [6.07, 6.45) is 3.34. The molecule has 2 heteroatoms. The van der Waals surface area contributed by atoms with Gasteiger partial charge in [-0.1, -0.05) is 42.5 Å². The first-order valence-corrected chi connectivity index (χ1v) is 7.85. The van der Waals surface area contributed by atoms with Crippen LogP contribution in [0.5, 0.6) is 0 Å². The molecule has 2 N–H and O–H groups in total. The second-order valence-corrected chi connectivity index (χ2v) is 5.56. The molecule has 2 rings (SSSR count). The van der Waals surface area contributed by atoms with Gasteiger partial charge in [0.1, 0.15) is 0 Å². The number of nitrogens with two attached hydrogens (primary N) is 1. The topological polar surface area (TPSA) is 29.3 Å². The second-order valence-electron chi connectivity index (χ2n) is 5.56. The Kier molecular flexibility index (Phi) is 6.29. The number of rotatable bonds is 8. The summed E-state index contributed by atoms with van der Waals surface area (Å²) in [6, 6.07) is 19.5. The molecule has 0 aliphatic heterocycles. The number of aryl methyl sites for hydroxylation is 2.